The normalized spacial score (nSPS) is 17.0. The summed E-state index contributed by atoms with van der Waals surface area (Å²) in [5.41, 5.74) is 1.60. The van der Waals surface area contributed by atoms with Gasteiger partial charge in [0, 0.05) is 18.3 Å². The smallest absolute Gasteiger partial charge is 0.253 e. The van der Waals surface area contributed by atoms with E-state index < -0.39 is 33.6 Å². The molecule has 0 radical (unpaired) electrons. The van der Waals surface area contributed by atoms with Crippen molar-refractivity contribution in [3.63, 3.8) is 0 Å². The van der Waals surface area contributed by atoms with Gasteiger partial charge in [0.15, 0.2) is 0 Å². The minimum Gasteiger partial charge on any atom is -0.324 e. The van der Waals surface area contributed by atoms with Gasteiger partial charge in [-0.15, -0.1) is 11.3 Å². The lowest BCUT2D eigenvalue weighted by atomic mass is 9.95. The Morgan fingerprint density at radius 3 is 2.38 bits per heavy atom. The number of hydrogen-bond donors (Lipinski definition) is 1. The second kappa shape index (κ2) is 7.66. The Bertz CT molecular complexity index is 1140. The van der Waals surface area contributed by atoms with Crippen LogP contribution < -0.4 is 5.32 Å². The number of rotatable bonds is 4. The Hall–Kier alpha value is -2.62. The maximum atomic E-state index is 13.5. The lowest BCUT2D eigenvalue weighted by Gasteiger charge is -2.34. The summed E-state index contributed by atoms with van der Waals surface area (Å²) in [5.74, 6) is -2.32. The van der Waals surface area contributed by atoms with Crippen LogP contribution in [0.5, 0.6) is 0 Å². The Kier molecular flexibility index (Phi) is 5.20. The summed E-state index contributed by atoms with van der Waals surface area (Å²) in [6.45, 7) is 0.0337. The van der Waals surface area contributed by atoms with Gasteiger partial charge in [-0.2, -0.15) is 4.31 Å². The summed E-state index contributed by atoms with van der Waals surface area (Å²) in [6.07, 6.45) is 0.157. The number of hydrogen-bond acceptors (Lipinski definition) is 4. The second-order valence-corrected chi connectivity index (χ2v) is 9.68. The first-order chi connectivity index (χ1) is 13.8. The molecule has 1 amide bonds. The van der Waals surface area contributed by atoms with E-state index >= 15 is 0 Å². The predicted molar refractivity (Wildman–Crippen MR) is 106 cm³/mol. The van der Waals surface area contributed by atoms with Gasteiger partial charge in [0.1, 0.15) is 21.9 Å². The van der Waals surface area contributed by atoms with Gasteiger partial charge in [-0.05, 0) is 41.1 Å². The van der Waals surface area contributed by atoms with E-state index in [1.165, 1.54) is 6.07 Å². The van der Waals surface area contributed by atoms with E-state index in [0.29, 0.717) is 6.07 Å². The molecule has 1 atom stereocenters. The number of anilines is 1. The maximum absolute atomic E-state index is 13.5. The van der Waals surface area contributed by atoms with Crippen LogP contribution in [0.25, 0.3) is 0 Å². The summed E-state index contributed by atoms with van der Waals surface area (Å²) < 4.78 is 54.6. The molecule has 150 valence electrons. The Labute approximate surface area is 170 Å². The van der Waals surface area contributed by atoms with Crippen molar-refractivity contribution in [3.8, 4) is 0 Å². The fraction of sp³-hybridized carbons (Fsp3) is 0.150. The van der Waals surface area contributed by atoms with E-state index in [1.54, 1.807) is 11.4 Å². The highest BCUT2D eigenvalue weighted by Gasteiger charge is 2.40. The van der Waals surface area contributed by atoms with Crippen molar-refractivity contribution in [2.24, 2.45) is 0 Å². The van der Waals surface area contributed by atoms with Gasteiger partial charge in [-0.25, -0.2) is 17.2 Å². The van der Waals surface area contributed by atoms with Gasteiger partial charge in [0.25, 0.3) is 10.0 Å². The van der Waals surface area contributed by atoms with Gasteiger partial charge in [-0.1, -0.05) is 30.3 Å². The third kappa shape index (κ3) is 3.93. The van der Waals surface area contributed by atoms with E-state index in [4.69, 9.17) is 0 Å². The molecule has 0 unspecified atom stereocenters. The lowest BCUT2D eigenvalue weighted by molar-refractivity contribution is -0.120. The van der Waals surface area contributed by atoms with Crippen molar-refractivity contribution in [2.45, 2.75) is 23.2 Å². The van der Waals surface area contributed by atoms with E-state index in [1.807, 2.05) is 24.3 Å². The van der Waals surface area contributed by atoms with Crippen LogP contribution in [0.2, 0.25) is 0 Å². The van der Waals surface area contributed by atoms with Crippen molar-refractivity contribution in [1.29, 1.82) is 0 Å². The third-order valence-corrected chi connectivity index (χ3v) is 7.92. The molecule has 9 heteroatoms. The highest BCUT2D eigenvalue weighted by Crippen LogP contribution is 2.31. The summed E-state index contributed by atoms with van der Waals surface area (Å²) in [6, 6.07) is 12.0. The third-order valence-electron chi connectivity index (χ3n) is 4.70. The number of carbonyl (C=O) groups excluding carboxylic acids is 1. The second-order valence-electron chi connectivity index (χ2n) is 6.62. The largest absolute Gasteiger partial charge is 0.324 e. The molecular formula is C20H16F2N2O3S2. The van der Waals surface area contributed by atoms with Crippen molar-refractivity contribution >= 4 is 33.0 Å². The topological polar surface area (TPSA) is 66.5 Å². The molecule has 0 aliphatic carbocycles. The number of thiophene rings is 1. The Balaban J connectivity index is 1.71. The summed E-state index contributed by atoms with van der Waals surface area (Å²) >= 11 is 1.07. The highest BCUT2D eigenvalue weighted by atomic mass is 32.2. The van der Waals surface area contributed by atoms with Crippen LogP contribution in [-0.4, -0.2) is 24.7 Å². The minimum absolute atomic E-state index is 0.0337. The van der Waals surface area contributed by atoms with E-state index in [-0.39, 0.29) is 22.9 Å². The number of carbonyl (C=O) groups is 1. The number of sulfonamides is 1. The molecule has 1 N–H and O–H groups in total. The number of nitrogens with zero attached hydrogens (tertiary/aromatic N) is 1. The van der Waals surface area contributed by atoms with E-state index in [2.05, 4.69) is 5.32 Å². The lowest BCUT2D eigenvalue weighted by Crippen LogP contribution is -2.50. The van der Waals surface area contributed by atoms with Crippen LogP contribution >= 0.6 is 11.3 Å². The average molecular weight is 434 g/mol. The molecule has 0 saturated heterocycles. The molecular weight excluding hydrogens is 418 g/mol. The van der Waals surface area contributed by atoms with E-state index in [0.717, 1.165) is 38.9 Å². The van der Waals surface area contributed by atoms with Gasteiger partial charge in [-0.3, -0.25) is 4.79 Å². The molecule has 0 fully saturated rings. The Morgan fingerprint density at radius 1 is 1.03 bits per heavy atom. The minimum atomic E-state index is -3.92. The first-order valence-corrected chi connectivity index (χ1v) is 11.1. The van der Waals surface area contributed by atoms with Crippen molar-refractivity contribution in [2.75, 3.05) is 5.32 Å². The molecule has 4 rings (SSSR count). The average Bonchev–Trinajstić information content (AvgIpc) is 3.22. The summed E-state index contributed by atoms with van der Waals surface area (Å²) in [5, 5.41) is 4.10. The zero-order chi connectivity index (χ0) is 20.6. The van der Waals surface area contributed by atoms with Gasteiger partial charge >= 0.3 is 0 Å². The molecule has 1 aromatic heterocycles. The molecule has 1 aliphatic heterocycles. The monoisotopic (exact) mass is 434 g/mol. The number of benzene rings is 2. The number of fused-ring (bicyclic) bond motifs is 1. The summed E-state index contributed by atoms with van der Waals surface area (Å²) in [7, 11) is -3.92. The van der Waals surface area contributed by atoms with Crippen LogP contribution in [0.3, 0.4) is 0 Å². The maximum Gasteiger partial charge on any atom is 0.253 e. The number of nitrogens with one attached hydrogen (secondary N) is 1. The van der Waals surface area contributed by atoms with E-state index in [9.17, 15) is 22.0 Å². The molecule has 0 spiro atoms. The van der Waals surface area contributed by atoms with Crippen LogP contribution in [0.4, 0.5) is 14.5 Å². The number of amides is 1. The quantitative estimate of drug-likeness (QED) is 0.680. The van der Waals surface area contributed by atoms with Crippen LogP contribution in [0.15, 0.2) is 64.2 Å². The highest BCUT2D eigenvalue weighted by molar-refractivity contribution is 7.91. The van der Waals surface area contributed by atoms with Crippen molar-refractivity contribution in [3.05, 3.63) is 82.7 Å². The molecule has 0 saturated carbocycles. The zero-order valence-corrected chi connectivity index (χ0v) is 16.6. The molecule has 2 aromatic carbocycles. The fourth-order valence-corrected chi connectivity index (χ4v) is 6.04. The zero-order valence-electron chi connectivity index (χ0n) is 15.0. The molecule has 5 nitrogen and oxygen atoms in total. The summed E-state index contributed by atoms with van der Waals surface area (Å²) in [4.78, 5) is 13.0. The number of halogens is 2. The molecule has 2 heterocycles. The van der Waals surface area contributed by atoms with Gasteiger partial charge < -0.3 is 5.32 Å². The first kappa shape index (κ1) is 19.7. The molecule has 3 aromatic rings. The fourth-order valence-electron chi connectivity index (χ4n) is 3.35. The first-order valence-electron chi connectivity index (χ1n) is 8.74. The molecule has 1 aliphatic rings. The standard InChI is InChI=1S/C20H16F2N2O3S2/c21-15-9-16(22)11-17(10-15)23-20(25)18-8-13-4-1-2-5-14(13)12-24(18)29(26,27)19-6-3-7-28-19/h1-7,9-11,18H,8,12H2,(H,23,25)/t18-/m0/s1. The van der Waals surface area contributed by atoms with Gasteiger partial charge in [0.2, 0.25) is 5.91 Å². The molecule has 0 bridgehead atoms. The van der Waals surface area contributed by atoms with Crippen LogP contribution in [0.1, 0.15) is 11.1 Å². The SMILES string of the molecule is O=C(Nc1cc(F)cc(F)c1)[C@@H]1Cc2ccccc2CN1S(=O)(=O)c1cccs1. The van der Waals surface area contributed by atoms with Crippen molar-refractivity contribution < 1.29 is 22.0 Å². The molecule has 29 heavy (non-hydrogen) atoms. The predicted octanol–water partition coefficient (Wildman–Crippen LogP) is 3.78. The van der Waals surface area contributed by atoms with Crippen LogP contribution in [-0.2, 0) is 27.8 Å². The van der Waals surface area contributed by atoms with Gasteiger partial charge in [0.05, 0.1) is 0 Å². The van der Waals surface area contributed by atoms with Crippen molar-refractivity contribution in [1.82, 2.24) is 4.31 Å². The van der Waals surface area contributed by atoms with Crippen LogP contribution in [0, 0.1) is 11.6 Å². The Morgan fingerprint density at radius 2 is 1.72 bits per heavy atom.